The van der Waals surface area contributed by atoms with Crippen molar-refractivity contribution in [2.45, 2.75) is 32.7 Å². The second-order valence-electron chi connectivity index (χ2n) is 7.87. The molecule has 0 bridgehead atoms. The van der Waals surface area contributed by atoms with E-state index in [9.17, 15) is 14.4 Å². The van der Waals surface area contributed by atoms with Gasteiger partial charge in [-0.3, -0.25) is 19.3 Å². The highest BCUT2D eigenvalue weighted by Crippen LogP contribution is 2.39. The van der Waals surface area contributed by atoms with Crippen LogP contribution in [0.5, 0.6) is 0 Å². The number of benzene rings is 2. The van der Waals surface area contributed by atoms with Crippen molar-refractivity contribution in [3.8, 4) is 0 Å². The zero-order chi connectivity index (χ0) is 20.5. The second-order valence-corrected chi connectivity index (χ2v) is 7.87. The van der Waals surface area contributed by atoms with Crippen molar-refractivity contribution >= 4 is 23.4 Å². The molecule has 3 atom stereocenters. The molecule has 0 unspecified atom stereocenters. The molecule has 2 aromatic carbocycles. The minimum absolute atomic E-state index is 0.121. The molecule has 2 aliphatic rings. The Morgan fingerprint density at radius 2 is 1.66 bits per heavy atom. The maximum absolute atomic E-state index is 12.8. The number of allylic oxidation sites excluding steroid dienone is 2. The molecule has 1 aliphatic carbocycles. The Bertz CT molecular complexity index is 979. The van der Waals surface area contributed by atoms with Crippen LogP contribution in [0.2, 0.25) is 0 Å². The summed E-state index contributed by atoms with van der Waals surface area (Å²) in [5, 5.41) is 2.97. The number of anilines is 1. The number of hydrogen-bond acceptors (Lipinski definition) is 3. The summed E-state index contributed by atoms with van der Waals surface area (Å²) in [6.07, 6.45) is 3.32. The van der Waals surface area contributed by atoms with Gasteiger partial charge in [-0.1, -0.05) is 42.0 Å². The minimum atomic E-state index is -0.263. The summed E-state index contributed by atoms with van der Waals surface area (Å²) in [5.74, 6) is -0.996. The van der Waals surface area contributed by atoms with Gasteiger partial charge >= 0.3 is 0 Å². The standard InChI is InChI=1S/C24H24N2O3/c1-15-8-13-20-21(14-15)24(29)26(23(20)28)19-11-9-18(10-12-19)22(27)25-16(2)17-6-4-3-5-7-17/h3-12,16,20-21H,13-14H2,1-2H3,(H,25,27)/t16-,20-,21+/m0/s1. The van der Waals surface area contributed by atoms with E-state index in [2.05, 4.69) is 11.4 Å². The normalized spacial score (nSPS) is 22.1. The van der Waals surface area contributed by atoms with Crippen molar-refractivity contribution in [2.24, 2.45) is 11.8 Å². The maximum Gasteiger partial charge on any atom is 0.251 e. The van der Waals surface area contributed by atoms with Gasteiger partial charge in [0.1, 0.15) is 0 Å². The summed E-state index contributed by atoms with van der Waals surface area (Å²) in [6, 6.07) is 16.3. The molecule has 0 spiro atoms. The molecular weight excluding hydrogens is 364 g/mol. The average Bonchev–Trinajstić information content (AvgIpc) is 2.98. The maximum atomic E-state index is 12.8. The minimum Gasteiger partial charge on any atom is -0.346 e. The number of carbonyl (C=O) groups is 3. The third-order valence-electron chi connectivity index (χ3n) is 5.86. The topological polar surface area (TPSA) is 66.5 Å². The summed E-state index contributed by atoms with van der Waals surface area (Å²) < 4.78 is 0. The van der Waals surface area contributed by atoms with Crippen LogP contribution < -0.4 is 10.2 Å². The summed E-state index contributed by atoms with van der Waals surface area (Å²) in [5.41, 5.74) is 3.20. The van der Waals surface area contributed by atoms with Gasteiger partial charge in [0.25, 0.3) is 5.91 Å². The Morgan fingerprint density at radius 3 is 2.34 bits per heavy atom. The fraction of sp³-hybridized carbons (Fsp3) is 0.292. The Balaban J connectivity index is 1.47. The van der Waals surface area contributed by atoms with E-state index in [1.165, 1.54) is 4.90 Å². The van der Waals surface area contributed by atoms with E-state index in [0.29, 0.717) is 24.1 Å². The highest BCUT2D eigenvalue weighted by molar-refractivity contribution is 6.22. The molecule has 0 aromatic heterocycles. The Hall–Kier alpha value is -3.21. The molecule has 1 aliphatic heterocycles. The molecule has 29 heavy (non-hydrogen) atoms. The van der Waals surface area contributed by atoms with Crippen LogP contribution in [-0.4, -0.2) is 17.7 Å². The SMILES string of the molecule is CC1=CC[C@@H]2C(=O)N(c3ccc(C(=O)N[C@@H](C)c4ccccc4)cc3)C(=O)[C@@H]2C1. The number of rotatable bonds is 4. The zero-order valence-corrected chi connectivity index (χ0v) is 16.6. The summed E-state index contributed by atoms with van der Waals surface area (Å²) in [4.78, 5) is 39.4. The fourth-order valence-corrected chi connectivity index (χ4v) is 4.16. The monoisotopic (exact) mass is 388 g/mol. The van der Waals surface area contributed by atoms with Crippen LogP contribution in [0.25, 0.3) is 0 Å². The largest absolute Gasteiger partial charge is 0.346 e. The average molecular weight is 388 g/mol. The van der Waals surface area contributed by atoms with Gasteiger partial charge in [0.15, 0.2) is 0 Å². The van der Waals surface area contributed by atoms with Crippen LogP contribution in [0.1, 0.15) is 48.7 Å². The van der Waals surface area contributed by atoms with Crippen LogP contribution in [0, 0.1) is 11.8 Å². The van der Waals surface area contributed by atoms with E-state index in [-0.39, 0.29) is 35.6 Å². The van der Waals surface area contributed by atoms with Crippen molar-refractivity contribution in [3.63, 3.8) is 0 Å². The number of carbonyl (C=O) groups excluding carboxylic acids is 3. The van der Waals surface area contributed by atoms with Crippen molar-refractivity contribution in [2.75, 3.05) is 4.90 Å². The molecule has 0 radical (unpaired) electrons. The zero-order valence-electron chi connectivity index (χ0n) is 16.6. The molecule has 148 valence electrons. The van der Waals surface area contributed by atoms with Crippen LogP contribution >= 0.6 is 0 Å². The van der Waals surface area contributed by atoms with Crippen molar-refractivity contribution in [1.82, 2.24) is 5.32 Å². The van der Waals surface area contributed by atoms with E-state index in [0.717, 1.165) is 11.1 Å². The molecule has 1 saturated heterocycles. The third kappa shape index (κ3) is 3.60. The first kappa shape index (κ1) is 19.1. The lowest BCUT2D eigenvalue weighted by Gasteiger charge is -2.18. The van der Waals surface area contributed by atoms with E-state index in [1.807, 2.05) is 44.2 Å². The molecule has 1 N–H and O–H groups in total. The smallest absolute Gasteiger partial charge is 0.251 e. The van der Waals surface area contributed by atoms with Crippen molar-refractivity contribution < 1.29 is 14.4 Å². The molecule has 2 aromatic rings. The van der Waals surface area contributed by atoms with Gasteiger partial charge in [0, 0.05) is 5.56 Å². The lowest BCUT2D eigenvalue weighted by atomic mass is 9.82. The highest BCUT2D eigenvalue weighted by Gasteiger charge is 2.48. The molecule has 0 saturated carbocycles. The first-order valence-corrected chi connectivity index (χ1v) is 9.95. The van der Waals surface area contributed by atoms with Crippen LogP contribution in [0.15, 0.2) is 66.2 Å². The molecule has 4 rings (SSSR count). The van der Waals surface area contributed by atoms with Gasteiger partial charge in [0.2, 0.25) is 11.8 Å². The van der Waals surface area contributed by atoms with Crippen LogP contribution in [0.3, 0.4) is 0 Å². The quantitative estimate of drug-likeness (QED) is 0.635. The second kappa shape index (κ2) is 7.66. The lowest BCUT2D eigenvalue weighted by molar-refractivity contribution is -0.122. The van der Waals surface area contributed by atoms with E-state index in [4.69, 9.17) is 0 Å². The fourth-order valence-electron chi connectivity index (χ4n) is 4.16. The molecule has 5 heteroatoms. The predicted molar refractivity (Wildman–Crippen MR) is 111 cm³/mol. The van der Waals surface area contributed by atoms with Gasteiger partial charge < -0.3 is 5.32 Å². The molecular formula is C24H24N2O3. The van der Waals surface area contributed by atoms with Gasteiger partial charge in [-0.2, -0.15) is 0 Å². The van der Waals surface area contributed by atoms with E-state index >= 15 is 0 Å². The van der Waals surface area contributed by atoms with Crippen LogP contribution in [-0.2, 0) is 9.59 Å². The number of nitrogens with one attached hydrogen (secondary N) is 1. The Labute approximate surface area is 170 Å². The van der Waals surface area contributed by atoms with Crippen molar-refractivity contribution in [3.05, 3.63) is 77.4 Å². The number of imide groups is 1. The highest BCUT2D eigenvalue weighted by atomic mass is 16.2. The summed E-state index contributed by atoms with van der Waals surface area (Å²) in [7, 11) is 0. The predicted octanol–water partition coefficient (Wildman–Crippen LogP) is 4.02. The lowest BCUT2D eigenvalue weighted by Crippen LogP contribution is -2.31. The van der Waals surface area contributed by atoms with Gasteiger partial charge in [0.05, 0.1) is 23.6 Å². The van der Waals surface area contributed by atoms with E-state index < -0.39 is 0 Å². The third-order valence-corrected chi connectivity index (χ3v) is 5.86. The molecule has 5 nitrogen and oxygen atoms in total. The van der Waals surface area contributed by atoms with Gasteiger partial charge in [-0.25, -0.2) is 0 Å². The Morgan fingerprint density at radius 1 is 1.00 bits per heavy atom. The van der Waals surface area contributed by atoms with E-state index in [1.54, 1.807) is 24.3 Å². The first-order valence-electron chi connectivity index (χ1n) is 9.95. The number of amides is 3. The number of fused-ring (bicyclic) bond motifs is 1. The number of nitrogens with zero attached hydrogens (tertiary/aromatic N) is 1. The summed E-state index contributed by atoms with van der Waals surface area (Å²) >= 11 is 0. The van der Waals surface area contributed by atoms with Gasteiger partial charge in [-0.15, -0.1) is 0 Å². The van der Waals surface area contributed by atoms with Gasteiger partial charge in [-0.05, 0) is 56.5 Å². The summed E-state index contributed by atoms with van der Waals surface area (Å²) in [6.45, 7) is 3.93. The van der Waals surface area contributed by atoms with Crippen molar-refractivity contribution in [1.29, 1.82) is 0 Å². The van der Waals surface area contributed by atoms with Crippen LogP contribution in [0.4, 0.5) is 5.69 Å². The first-order chi connectivity index (χ1) is 14.0. The molecule has 1 fully saturated rings. The molecule has 1 heterocycles. The number of hydrogen-bond donors (Lipinski definition) is 1. The Kier molecular flexibility index (Phi) is 5.05. The molecule has 3 amide bonds.